The molecule has 1 unspecified atom stereocenters. The lowest BCUT2D eigenvalue weighted by Gasteiger charge is -2.26. The first-order valence-electron chi connectivity index (χ1n) is 7.10. The summed E-state index contributed by atoms with van der Waals surface area (Å²) in [4.78, 5) is 2.40. The molecule has 4 heteroatoms. The van der Waals surface area contributed by atoms with Gasteiger partial charge in [0.05, 0.1) is 0 Å². The van der Waals surface area contributed by atoms with Crippen LogP contribution in [0.3, 0.4) is 0 Å². The second-order valence-corrected chi connectivity index (χ2v) is 4.82. The van der Waals surface area contributed by atoms with Gasteiger partial charge in [0, 0.05) is 19.0 Å². The fraction of sp³-hybridized carbons (Fsp3) is 0.600. The van der Waals surface area contributed by atoms with Crippen molar-refractivity contribution >= 4 is 0 Å². The fourth-order valence-electron chi connectivity index (χ4n) is 2.42. The van der Waals surface area contributed by atoms with Crippen LogP contribution in [0.5, 0.6) is 11.5 Å². The van der Waals surface area contributed by atoms with Crippen LogP contribution in [0.2, 0.25) is 0 Å². The highest BCUT2D eigenvalue weighted by atomic mass is 16.6. The van der Waals surface area contributed by atoms with Crippen LogP contribution in [0.15, 0.2) is 18.2 Å². The van der Waals surface area contributed by atoms with Crippen LogP contribution in [0.25, 0.3) is 0 Å². The van der Waals surface area contributed by atoms with E-state index >= 15 is 0 Å². The second kappa shape index (κ2) is 6.78. The molecule has 0 fully saturated rings. The van der Waals surface area contributed by atoms with Crippen LogP contribution in [-0.2, 0) is 0 Å². The minimum absolute atomic E-state index is 0.343. The third-order valence-electron chi connectivity index (χ3n) is 3.70. The molecule has 0 amide bonds. The van der Waals surface area contributed by atoms with Gasteiger partial charge in [-0.15, -0.1) is 0 Å². The minimum atomic E-state index is 0.343. The zero-order valence-electron chi connectivity index (χ0n) is 11.9. The molecule has 0 saturated heterocycles. The van der Waals surface area contributed by atoms with Gasteiger partial charge in [0.1, 0.15) is 13.2 Å². The van der Waals surface area contributed by atoms with Crippen molar-refractivity contribution in [3.05, 3.63) is 23.8 Å². The van der Waals surface area contributed by atoms with Crippen LogP contribution in [0, 0.1) is 0 Å². The van der Waals surface area contributed by atoms with Gasteiger partial charge in [-0.05, 0) is 30.8 Å². The Hall–Kier alpha value is -1.26. The Morgan fingerprint density at radius 1 is 1.16 bits per heavy atom. The van der Waals surface area contributed by atoms with Gasteiger partial charge < -0.3 is 20.1 Å². The summed E-state index contributed by atoms with van der Waals surface area (Å²) in [6.07, 6.45) is 0. The van der Waals surface area contributed by atoms with E-state index in [-0.39, 0.29) is 0 Å². The molecule has 0 radical (unpaired) electrons. The molecule has 1 aromatic carbocycles. The van der Waals surface area contributed by atoms with Gasteiger partial charge >= 0.3 is 0 Å². The summed E-state index contributed by atoms with van der Waals surface area (Å²) in [5.41, 5.74) is 7.17. The molecule has 2 rings (SSSR count). The molecule has 1 atom stereocenters. The molecule has 1 aromatic rings. The minimum Gasteiger partial charge on any atom is -0.486 e. The third-order valence-corrected chi connectivity index (χ3v) is 3.70. The first-order chi connectivity index (χ1) is 9.28. The van der Waals surface area contributed by atoms with Gasteiger partial charge in [-0.1, -0.05) is 19.9 Å². The van der Waals surface area contributed by atoms with E-state index in [4.69, 9.17) is 15.2 Å². The highest BCUT2D eigenvalue weighted by Crippen LogP contribution is 2.33. The number of hydrogen-bond acceptors (Lipinski definition) is 4. The largest absolute Gasteiger partial charge is 0.486 e. The van der Waals surface area contributed by atoms with Crippen molar-refractivity contribution in [3.8, 4) is 11.5 Å². The molecular formula is C15H24N2O2. The van der Waals surface area contributed by atoms with Crippen molar-refractivity contribution in [2.24, 2.45) is 5.73 Å². The van der Waals surface area contributed by atoms with Crippen LogP contribution < -0.4 is 15.2 Å². The summed E-state index contributed by atoms with van der Waals surface area (Å²) >= 11 is 0. The predicted octanol–water partition coefficient (Wildman–Crippen LogP) is 1.84. The topological polar surface area (TPSA) is 47.7 Å². The van der Waals surface area contributed by atoms with E-state index < -0.39 is 0 Å². The Balaban J connectivity index is 2.14. The van der Waals surface area contributed by atoms with Crippen molar-refractivity contribution in [3.63, 3.8) is 0 Å². The van der Waals surface area contributed by atoms with Crippen molar-refractivity contribution in [2.45, 2.75) is 19.8 Å². The summed E-state index contributed by atoms with van der Waals surface area (Å²) in [6.45, 7) is 9.36. The maximum absolute atomic E-state index is 5.94. The van der Waals surface area contributed by atoms with Crippen molar-refractivity contribution in [2.75, 3.05) is 39.4 Å². The number of fused-ring (bicyclic) bond motifs is 1. The molecule has 0 spiro atoms. The first-order valence-corrected chi connectivity index (χ1v) is 7.10. The smallest absolute Gasteiger partial charge is 0.161 e. The monoisotopic (exact) mass is 264 g/mol. The van der Waals surface area contributed by atoms with E-state index in [1.54, 1.807) is 0 Å². The average molecular weight is 264 g/mol. The zero-order valence-corrected chi connectivity index (χ0v) is 11.9. The lowest BCUT2D eigenvalue weighted by atomic mass is 9.98. The lowest BCUT2D eigenvalue weighted by Crippen LogP contribution is -2.31. The van der Waals surface area contributed by atoms with E-state index in [1.165, 1.54) is 5.56 Å². The van der Waals surface area contributed by atoms with E-state index in [2.05, 4.69) is 30.9 Å². The summed E-state index contributed by atoms with van der Waals surface area (Å²) in [5.74, 6) is 2.03. The summed E-state index contributed by atoms with van der Waals surface area (Å²) < 4.78 is 11.2. The van der Waals surface area contributed by atoms with Crippen LogP contribution in [0.4, 0.5) is 0 Å². The quantitative estimate of drug-likeness (QED) is 0.851. The molecule has 19 heavy (non-hydrogen) atoms. The van der Waals surface area contributed by atoms with Gasteiger partial charge in [-0.3, -0.25) is 0 Å². The van der Waals surface area contributed by atoms with Crippen molar-refractivity contribution in [1.29, 1.82) is 0 Å². The van der Waals surface area contributed by atoms with Crippen LogP contribution >= 0.6 is 0 Å². The highest BCUT2D eigenvalue weighted by molar-refractivity contribution is 5.45. The van der Waals surface area contributed by atoms with Gasteiger partial charge in [0.15, 0.2) is 11.5 Å². The molecule has 4 nitrogen and oxygen atoms in total. The molecule has 0 bridgehead atoms. The maximum Gasteiger partial charge on any atom is 0.161 e. The Labute approximate surface area is 115 Å². The second-order valence-electron chi connectivity index (χ2n) is 4.82. The fourth-order valence-corrected chi connectivity index (χ4v) is 2.42. The molecular weight excluding hydrogens is 240 g/mol. The van der Waals surface area contributed by atoms with Gasteiger partial charge in [0.2, 0.25) is 0 Å². The van der Waals surface area contributed by atoms with E-state index in [1.807, 2.05) is 6.07 Å². The highest BCUT2D eigenvalue weighted by Gasteiger charge is 2.17. The molecule has 2 N–H and O–H groups in total. The number of ether oxygens (including phenoxy) is 2. The van der Waals surface area contributed by atoms with Crippen LogP contribution in [-0.4, -0.2) is 44.3 Å². The van der Waals surface area contributed by atoms with Crippen LogP contribution in [0.1, 0.15) is 25.3 Å². The number of nitrogens with two attached hydrogens (primary N) is 1. The normalized spacial score (nSPS) is 15.6. The Bertz CT molecular complexity index is 405. The van der Waals surface area contributed by atoms with E-state index in [0.29, 0.717) is 25.7 Å². The van der Waals surface area contributed by atoms with Gasteiger partial charge in [-0.25, -0.2) is 0 Å². The number of hydrogen-bond donors (Lipinski definition) is 1. The van der Waals surface area contributed by atoms with E-state index in [9.17, 15) is 0 Å². The Morgan fingerprint density at radius 3 is 2.47 bits per heavy atom. The summed E-state index contributed by atoms with van der Waals surface area (Å²) in [7, 11) is 0. The zero-order chi connectivity index (χ0) is 13.7. The average Bonchev–Trinajstić information content (AvgIpc) is 2.48. The SMILES string of the molecule is CCN(CC)CC(CN)c1ccc2c(c1)OCCO2. The van der Waals surface area contributed by atoms with Crippen molar-refractivity contribution < 1.29 is 9.47 Å². The van der Waals surface area contributed by atoms with E-state index in [0.717, 1.165) is 31.1 Å². The maximum atomic E-state index is 5.94. The standard InChI is InChI=1S/C15H24N2O2/c1-3-17(4-2)11-13(10-16)12-5-6-14-15(9-12)19-8-7-18-14/h5-6,9,13H,3-4,7-8,10-11,16H2,1-2H3. The van der Waals surface area contributed by atoms with Crippen molar-refractivity contribution in [1.82, 2.24) is 4.90 Å². The molecule has 1 aliphatic heterocycles. The lowest BCUT2D eigenvalue weighted by molar-refractivity contribution is 0.171. The molecule has 0 aromatic heterocycles. The Kier molecular flexibility index (Phi) is 5.05. The number of likely N-dealkylation sites (N-methyl/N-ethyl adjacent to an activating group) is 1. The number of benzene rings is 1. The number of rotatable bonds is 6. The Morgan fingerprint density at radius 2 is 1.84 bits per heavy atom. The third kappa shape index (κ3) is 3.39. The van der Waals surface area contributed by atoms with Gasteiger partial charge in [0.25, 0.3) is 0 Å². The summed E-state index contributed by atoms with van der Waals surface area (Å²) in [6, 6.07) is 6.18. The first kappa shape index (κ1) is 14.2. The molecule has 0 aliphatic carbocycles. The number of nitrogens with zero attached hydrogens (tertiary/aromatic N) is 1. The molecule has 0 saturated carbocycles. The molecule has 1 aliphatic rings. The molecule has 1 heterocycles. The molecule has 106 valence electrons. The summed E-state index contributed by atoms with van der Waals surface area (Å²) in [5, 5.41) is 0. The van der Waals surface area contributed by atoms with Gasteiger partial charge in [-0.2, -0.15) is 0 Å². The predicted molar refractivity (Wildman–Crippen MR) is 77.0 cm³/mol.